The Morgan fingerprint density at radius 3 is 2.64 bits per heavy atom. The van der Waals surface area contributed by atoms with Gasteiger partial charge in [0.1, 0.15) is 0 Å². The van der Waals surface area contributed by atoms with Crippen molar-refractivity contribution in [3.05, 3.63) is 23.8 Å². The van der Waals surface area contributed by atoms with Crippen LogP contribution in [0, 0.1) is 5.92 Å². The van der Waals surface area contributed by atoms with Gasteiger partial charge in [0.05, 0.1) is 20.1 Å². The first kappa shape index (κ1) is 10.5. The maximum atomic E-state index is 11.2. The molecular weight excluding hydrogens is 184 g/mol. The molecule has 14 heavy (non-hydrogen) atoms. The molecule has 0 spiro atoms. The lowest BCUT2D eigenvalue weighted by atomic mass is 9.97. The topological polar surface area (TPSA) is 52.6 Å². The Bertz CT molecular complexity index is 301. The number of allylic oxidation sites excluding steroid dienone is 1. The van der Waals surface area contributed by atoms with Gasteiger partial charge >= 0.3 is 11.9 Å². The molecule has 0 saturated heterocycles. The SMILES string of the molecule is COC(=O)C1=CC(C(=O)OC)C=CC1. The molecule has 0 saturated carbocycles. The predicted molar refractivity (Wildman–Crippen MR) is 49.4 cm³/mol. The van der Waals surface area contributed by atoms with Gasteiger partial charge in [-0.25, -0.2) is 4.79 Å². The Morgan fingerprint density at radius 1 is 1.36 bits per heavy atom. The summed E-state index contributed by atoms with van der Waals surface area (Å²) in [4.78, 5) is 22.3. The molecule has 0 aromatic heterocycles. The number of methoxy groups -OCH3 is 2. The second-order valence-corrected chi connectivity index (χ2v) is 2.86. The Labute approximate surface area is 82.2 Å². The summed E-state index contributed by atoms with van der Waals surface area (Å²) >= 11 is 0. The number of hydrogen-bond donors (Lipinski definition) is 0. The van der Waals surface area contributed by atoms with E-state index in [1.165, 1.54) is 14.2 Å². The van der Waals surface area contributed by atoms with Gasteiger partial charge in [-0.1, -0.05) is 18.2 Å². The van der Waals surface area contributed by atoms with Gasteiger partial charge in [-0.2, -0.15) is 0 Å². The highest BCUT2D eigenvalue weighted by molar-refractivity contribution is 5.91. The third-order valence-corrected chi connectivity index (χ3v) is 1.98. The summed E-state index contributed by atoms with van der Waals surface area (Å²) in [6, 6.07) is 0. The van der Waals surface area contributed by atoms with Crippen LogP contribution in [-0.2, 0) is 19.1 Å². The van der Waals surface area contributed by atoms with E-state index in [0.29, 0.717) is 12.0 Å². The van der Waals surface area contributed by atoms with Crippen LogP contribution in [0.25, 0.3) is 0 Å². The zero-order valence-corrected chi connectivity index (χ0v) is 8.15. The molecule has 0 amide bonds. The van der Waals surface area contributed by atoms with E-state index in [0.717, 1.165) is 0 Å². The molecule has 0 fully saturated rings. The van der Waals surface area contributed by atoms with Crippen LogP contribution >= 0.6 is 0 Å². The molecular formula is C10H12O4. The van der Waals surface area contributed by atoms with Crippen molar-refractivity contribution >= 4 is 11.9 Å². The molecule has 1 atom stereocenters. The fraction of sp³-hybridized carbons (Fsp3) is 0.400. The minimum atomic E-state index is -0.470. The van der Waals surface area contributed by atoms with E-state index in [9.17, 15) is 9.59 Å². The fourth-order valence-electron chi connectivity index (χ4n) is 1.25. The van der Waals surface area contributed by atoms with Gasteiger partial charge in [0, 0.05) is 5.57 Å². The molecule has 0 bridgehead atoms. The zero-order chi connectivity index (χ0) is 10.6. The number of rotatable bonds is 2. The first-order chi connectivity index (χ1) is 6.69. The Morgan fingerprint density at radius 2 is 2.07 bits per heavy atom. The van der Waals surface area contributed by atoms with Crippen molar-refractivity contribution in [3.63, 3.8) is 0 Å². The highest BCUT2D eigenvalue weighted by Gasteiger charge is 2.20. The summed E-state index contributed by atoms with van der Waals surface area (Å²) in [5.74, 6) is -1.24. The lowest BCUT2D eigenvalue weighted by Crippen LogP contribution is -2.16. The van der Waals surface area contributed by atoms with Crippen molar-refractivity contribution in [2.24, 2.45) is 5.92 Å². The minimum absolute atomic E-state index is 0.373. The molecule has 0 aromatic rings. The second-order valence-electron chi connectivity index (χ2n) is 2.86. The summed E-state index contributed by atoms with van der Waals surface area (Å²) < 4.78 is 9.12. The molecule has 0 radical (unpaired) electrons. The first-order valence-corrected chi connectivity index (χ1v) is 4.22. The second kappa shape index (κ2) is 4.60. The van der Waals surface area contributed by atoms with Crippen LogP contribution in [0.2, 0.25) is 0 Å². The van der Waals surface area contributed by atoms with Gasteiger partial charge in [-0.05, 0) is 6.42 Å². The summed E-state index contributed by atoms with van der Waals surface area (Å²) in [6.45, 7) is 0. The van der Waals surface area contributed by atoms with Crippen molar-refractivity contribution in [2.75, 3.05) is 14.2 Å². The van der Waals surface area contributed by atoms with Crippen LogP contribution < -0.4 is 0 Å². The molecule has 0 heterocycles. The van der Waals surface area contributed by atoms with Crippen molar-refractivity contribution in [3.8, 4) is 0 Å². The molecule has 1 unspecified atom stereocenters. The van der Waals surface area contributed by atoms with E-state index in [1.54, 1.807) is 18.2 Å². The molecule has 0 aromatic carbocycles. The smallest absolute Gasteiger partial charge is 0.333 e. The number of ether oxygens (including phenoxy) is 2. The zero-order valence-electron chi connectivity index (χ0n) is 8.15. The van der Waals surface area contributed by atoms with Crippen LogP contribution in [0.1, 0.15) is 6.42 Å². The molecule has 1 rings (SSSR count). The van der Waals surface area contributed by atoms with Crippen LogP contribution in [0.3, 0.4) is 0 Å². The Kier molecular flexibility index (Phi) is 3.45. The predicted octanol–water partition coefficient (Wildman–Crippen LogP) is 0.835. The number of hydrogen-bond acceptors (Lipinski definition) is 4. The highest BCUT2D eigenvalue weighted by Crippen LogP contribution is 2.18. The molecule has 0 aliphatic heterocycles. The standard InChI is InChI=1S/C10H12O4/c1-13-9(11)7-4-3-5-8(6-7)10(12)14-2/h3-4,6-7H,5H2,1-2H3. The van der Waals surface area contributed by atoms with Crippen molar-refractivity contribution in [1.82, 2.24) is 0 Å². The molecule has 0 N–H and O–H groups in total. The third-order valence-electron chi connectivity index (χ3n) is 1.98. The highest BCUT2D eigenvalue weighted by atomic mass is 16.5. The van der Waals surface area contributed by atoms with E-state index in [-0.39, 0.29) is 5.97 Å². The minimum Gasteiger partial charge on any atom is -0.468 e. The van der Waals surface area contributed by atoms with Crippen LogP contribution in [0.15, 0.2) is 23.8 Å². The number of esters is 2. The van der Waals surface area contributed by atoms with Gasteiger partial charge < -0.3 is 9.47 Å². The Balaban J connectivity index is 2.77. The van der Waals surface area contributed by atoms with Gasteiger partial charge in [-0.3, -0.25) is 4.79 Å². The average molecular weight is 196 g/mol. The van der Waals surface area contributed by atoms with Gasteiger partial charge in [-0.15, -0.1) is 0 Å². The maximum absolute atomic E-state index is 11.2. The Hall–Kier alpha value is -1.58. The molecule has 76 valence electrons. The lowest BCUT2D eigenvalue weighted by Gasteiger charge is -2.12. The van der Waals surface area contributed by atoms with Crippen LogP contribution in [0.4, 0.5) is 0 Å². The first-order valence-electron chi connectivity index (χ1n) is 4.22. The third kappa shape index (κ3) is 2.22. The van der Waals surface area contributed by atoms with E-state index in [2.05, 4.69) is 9.47 Å². The summed E-state index contributed by atoms with van der Waals surface area (Å²) in [5.41, 5.74) is 0.491. The number of carbonyl (C=O) groups is 2. The summed E-state index contributed by atoms with van der Waals surface area (Å²) in [5, 5.41) is 0. The van der Waals surface area contributed by atoms with E-state index < -0.39 is 11.9 Å². The molecule has 1 aliphatic rings. The fourth-order valence-corrected chi connectivity index (χ4v) is 1.25. The van der Waals surface area contributed by atoms with Crippen molar-refractivity contribution in [2.45, 2.75) is 6.42 Å². The van der Waals surface area contributed by atoms with E-state index >= 15 is 0 Å². The van der Waals surface area contributed by atoms with E-state index in [4.69, 9.17) is 0 Å². The maximum Gasteiger partial charge on any atom is 0.333 e. The van der Waals surface area contributed by atoms with Crippen molar-refractivity contribution in [1.29, 1.82) is 0 Å². The van der Waals surface area contributed by atoms with Gasteiger partial charge in [0.15, 0.2) is 0 Å². The van der Waals surface area contributed by atoms with Crippen LogP contribution in [0.5, 0.6) is 0 Å². The molecule has 1 aliphatic carbocycles. The quantitative estimate of drug-likeness (QED) is 0.485. The average Bonchev–Trinajstić information content (AvgIpc) is 2.27. The molecule has 4 nitrogen and oxygen atoms in total. The normalized spacial score (nSPS) is 19.9. The number of carbonyl (C=O) groups excluding carboxylic acids is 2. The monoisotopic (exact) mass is 196 g/mol. The summed E-state index contributed by atoms with van der Waals surface area (Å²) in [7, 11) is 2.63. The van der Waals surface area contributed by atoms with Crippen molar-refractivity contribution < 1.29 is 19.1 Å². The summed E-state index contributed by atoms with van der Waals surface area (Å²) in [6.07, 6.45) is 5.53. The molecule has 4 heteroatoms. The van der Waals surface area contributed by atoms with E-state index in [1.807, 2.05) is 0 Å². The van der Waals surface area contributed by atoms with Gasteiger partial charge in [0.25, 0.3) is 0 Å². The largest absolute Gasteiger partial charge is 0.468 e. The van der Waals surface area contributed by atoms with Gasteiger partial charge in [0.2, 0.25) is 0 Å². The lowest BCUT2D eigenvalue weighted by molar-refractivity contribution is -0.142. The van der Waals surface area contributed by atoms with Crippen LogP contribution in [-0.4, -0.2) is 26.2 Å².